The Morgan fingerprint density at radius 3 is 3.06 bits per heavy atom. The Labute approximate surface area is 113 Å². The number of aromatic nitrogens is 3. The highest BCUT2D eigenvalue weighted by Crippen LogP contribution is 2.23. The lowest BCUT2D eigenvalue weighted by molar-refractivity contribution is 0.102. The van der Waals surface area contributed by atoms with Crippen molar-refractivity contribution in [1.29, 1.82) is 0 Å². The highest BCUT2D eigenvalue weighted by atomic mass is 79.9. The van der Waals surface area contributed by atoms with Gasteiger partial charge in [-0.3, -0.25) is 4.98 Å². The molecule has 0 spiro atoms. The topological polar surface area (TPSA) is 87.1 Å². The van der Waals surface area contributed by atoms with Gasteiger partial charge >= 0.3 is 0 Å². The molecule has 0 aliphatic carbocycles. The molecular weight excluding hydrogens is 300 g/mol. The smallest absolute Gasteiger partial charge is 0.229 e. The van der Waals surface area contributed by atoms with Crippen LogP contribution in [0.25, 0.3) is 11.5 Å². The van der Waals surface area contributed by atoms with Gasteiger partial charge in [-0.1, -0.05) is 5.16 Å². The van der Waals surface area contributed by atoms with Gasteiger partial charge < -0.3 is 15.0 Å². The van der Waals surface area contributed by atoms with Gasteiger partial charge in [-0.2, -0.15) is 4.98 Å². The summed E-state index contributed by atoms with van der Waals surface area (Å²) in [6, 6.07) is 3.69. The molecule has 2 aromatic heterocycles. The Balaban J connectivity index is 2.18. The van der Waals surface area contributed by atoms with E-state index in [0.717, 1.165) is 4.47 Å². The average molecular weight is 313 g/mol. The number of rotatable bonds is 5. The minimum Gasteiger partial charge on any atom is -0.380 e. The summed E-state index contributed by atoms with van der Waals surface area (Å²) in [6.45, 7) is 0.404. The van der Waals surface area contributed by atoms with E-state index >= 15 is 0 Å². The van der Waals surface area contributed by atoms with Gasteiger partial charge in [0.1, 0.15) is 5.69 Å². The zero-order valence-corrected chi connectivity index (χ0v) is 11.4. The van der Waals surface area contributed by atoms with Crippen molar-refractivity contribution in [3.63, 3.8) is 0 Å². The van der Waals surface area contributed by atoms with Crippen molar-refractivity contribution in [2.24, 2.45) is 5.73 Å². The quantitative estimate of drug-likeness (QED) is 0.898. The summed E-state index contributed by atoms with van der Waals surface area (Å²) >= 11 is 3.39. The first kappa shape index (κ1) is 13.1. The van der Waals surface area contributed by atoms with Crippen LogP contribution in [0.3, 0.4) is 0 Å². The molecule has 2 rings (SSSR count). The molecule has 0 saturated heterocycles. The van der Waals surface area contributed by atoms with E-state index in [1.165, 1.54) is 0 Å². The van der Waals surface area contributed by atoms with E-state index in [-0.39, 0.29) is 6.10 Å². The van der Waals surface area contributed by atoms with Crippen molar-refractivity contribution < 1.29 is 9.26 Å². The van der Waals surface area contributed by atoms with Crippen molar-refractivity contribution in [2.75, 3.05) is 13.7 Å². The first-order valence-electron chi connectivity index (χ1n) is 5.41. The molecule has 1 unspecified atom stereocenters. The van der Waals surface area contributed by atoms with Gasteiger partial charge in [0.05, 0.1) is 12.5 Å². The summed E-state index contributed by atoms with van der Waals surface area (Å²) in [6.07, 6.45) is 2.05. The molecule has 0 amide bonds. The fourth-order valence-corrected chi connectivity index (χ4v) is 1.87. The highest BCUT2D eigenvalue weighted by molar-refractivity contribution is 9.10. The first-order valence-corrected chi connectivity index (χ1v) is 6.20. The molecule has 7 heteroatoms. The summed E-state index contributed by atoms with van der Waals surface area (Å²) in [5, 5.41) is 3.89. The SMILES string of the molecule is COC(CN)Cc1nc(-c2ncccc2Br)no1. The molecule has 0 aliphatic heterocycles. The largest absolute Gasteiger partial charge is 0.380 e. The lowest BCUT2D eigenvalue weighted by atomic mass is 10.2. The van der Waals surface area contributed by atoms with Crippen molar-refractivity contribution in [2.45, 2.75) is 12.5 Å². The third-order valence-electron chi connectivity index (χ3n) is 2.44. The summed E-state index contributed by atoms with van der Waals surface area (Å²) in [4.78, 5) is 8.46. The van der Waals surface area contributed by atoms with E-state index in [1.54, 1.807) is 13.3 Å². The molecule has 0 saturated carbocycles. The van der Waals surface area contributed by atoms with Gasteiger partial charge in [-0.05, 0) is 28.1 Å². The molecule has 0 aliphatic rings. The summed E-state index contributed by atoms with van der Waals surface area (Å²) in [5.41, 5.74) is 6.19. The van der Waals surface area contributed by atoms with Crippen LogP contribution in [0.4, 0.5) is 0 Å². The number of halogens is 1. The van der Waals surface area contributed by atoms with Gasteiger partial charge in [0.15, 0.2) is 0 Å². The molecule has 6 nitrogen and oxygen atoms in total. The Morgan fingerprint density at radius 2 is 2.39 bits per heavy atom. The zero-order valence-electron chi connectivity index (χ0n) is 9.84. The van der Waals surface area contributed by atoms with E-state index in [0.29, 0.717) is 30.4 Å². The molecule has 0 radical (unpaired) electrons. The Morgan fingerprint density at radius 1 is 1.56 bits per heavy atom. The van der Waals surface area contributed by atoms with E-state index < -0.39 is 0 Å². The van der Waals surface area contributed by atoms with Crippen LogP contribution in [0.1, 0.15) is 5.89 Å². The van der Waals surface area contributed by atoms with E-state index in [1.807, 2.05) is 12.1 Å². The second kappa shape index (κ2) is 6.03. The van der Waals surface area contributed by atoms with Crippen LogP contribution in [-0.2, 0) is 11.2 Å². The van der Waals surface area contributed by atoms with E-state index in [9.17, 15) is 0 Å². The lowest BCUT2D eigenvalue weighted by Crippen LogP contribution is -2.24. The highest BCUT2D eigenvalue weighted by Gasteiger charge is 2.15. The van der Waals surface area contributed by atoms with Crippen molar-refractivity contribution >= 4 is 15.9 Å². The normalized spacial score (nSPS) is 12.6. The maximum absolute atomic E-state index is 5.54. The van der Waals surface area contributed by atoms with Crippen LogP contribution >= 0.6 is 15.9 Å². The van der Waals surface area contributed by atoms with Crippen LogP contribution in [-0.4, -0.2) is 34.9 Å². The van der Waals surface area contributed by atoms with Crippen molar-refractivity contribution in [3.8, 4) is 11.5 Å². The predicted octanol–water partition coefficient (Wildman–Crippen LogP) is 1.41. The molecule has 0 fully saturated rings. The number of hydrogen-bond donors (Lipinski definition) is 1. The summed E-state index contributed by atoms with van der Waals surface area (Å²) in [7, 11) is 1.60. The number of hydrogen-bond acceptors (Lipinski definition) is 6. The van der Waals surface area contributed by atoms with Gasteiger partial charge in [0.25, 0.3) is 0 Å². The van der Waals surface area contributed by atoms with Crippen LogP contribution in [0.5, 0.6) is 0 Å². The van der Waals surface area contributed by atoms with Crippen molar-refractivity contribution in [1.82, 2.24) is 15.1 Å². The minimum atomic E-state index is -0.120. The molecule has 2 N–H and O–H groups in total. The maximum Gasteiger partial charge on any atom is 0.229 e. The second-order valence-corrected chi connectivity index (χ2v) is 4.50. The standard InChI is InChI=1S/C11H13BrN4O2/c1-17-7(6-13)5-9-15-11(16-18-9)10-8(12)3-2-4-14-10/h2-4,7H,5-6,13H2,1H3. The molecule has 2 aromatic rings. The minimum absolute atomic E-state index is 0.120. The first-order chi connectivity index (χ1) is 8.74. The molecule has 18 heavy (non-hydrogen) atoms. The molecular formula is C11H13BrN4O2. The zero-order chi connectivity index (χ0) is 13.0. The molecule has 96 valence electrons. The summed E-state index contributed by atoms with van der Waals surface area (Å²) < 4.78 is 11.1. The number of ether oxygens (including phenoxy) is 1. The van der Waals surface area contributed by atoms with E-state index in [4.69, 9.17) is 15.0 Å². The number of pyridine rings is 1. The average Bonchev–Trinajstić information content (AvgIpc) is 2.85. The third kappa shape index (κ3) is 2.92. The monoisotopic (exact) mass is 312 g/mol. The van der Waals surface area contributed by atoms with E-state index in [2.05, 4.69) is 31.1 Å². The fraction of sp³-hybridized carbons (Fsp3) is 0.364. The molecule has 2 heterocycles. The third-order valence-corrected chi connectivity index (χ3v) is 3.08. The fourth-order valence-electron chi connectivity index (χ4n) is 1.44. The van der Waals surface area contributed by atoms with Gasteiger partial charge in [-0.25, -0.2) is 0 Å². The molecule has 1 atom stereocenters. The van der Waals surface area contributed by atoms with Gasteiger partial charge in [0, 0.05) is 24.3 Å². The molecule has 0 bridgehead atoms. The van der Waals surface area contributed by atoms with Crippen LogP contribution in [0.15, 0.2) is 27.3 Å². The number of nitrogens with two attached hydrogens (primary N) is 1. The van der Waals surface area contributed by atoms with Crippen LogP contribution in [0.2, 0.25) is 0 Å². The Hall–Kier alpha value is -1.31. The van der Waals surface area contributed by atoms with Gasteiger partial charge in [0.2, 0.25) is 11.7 Å². The molecule has 0 aromatic carbocycles. The van der Waals surface area contributed by atoms with Crippen LogP contribution < -0.4 is 5.73 Å². The van der Waals surface area contributed by atoms with Crippen LogP contribution in [0, 0.1) is 0 Å². The van der Waals surface area contributed by atoms with Gasteiger partial charge in [-0.15, -0.1) is 0 Å². The number of methoxy groups -OCH3 is 1. The second-order valence-electron chi connectivity index (χ2n) is 3.64. The maximum atomic E-state index is 5.54. The predicted molar refractivity (Wildman–Crippen MR) is 68.8 cm³/mol. The lowest BCUT2D eigenvalue weighted by Gasteiger charge is -2.08. The summed E-state index contributed by atoms with van der Waals surface area (Å²) in [5.74, 6) is 0.934. The Kier molecular flexibility index (Phi) is 4.40. The Bertz CT molecular complexity index is 513. The van der Waals surface area contributed by atoms with Crippen molar-refractivity contribution in [3.05, 3.63) is 28.7 Å². The number of nitrogens with zero attached hydrogens (tertiary/aromatic N) is 3.